The Labute approximate surface area is 60.7 Å². The molecule has 0 aliphatic rings. The highest BCUT2D eigenvalue weighted by atomic mass is 19.4. The number of halogens is 5. The zero-order valence-corrected chi connectivity index (χ0v) is 5.67. The van der Waals surface area contributed by atoms with Gasteiger partial charge in [0, 0.05) is 12.0 Å². The number of hydrogen-bond acceptors (Lipinski definition) is 0. The Morgan fingerprint density at radius 2 is 1.73 bits per heavy atom. The highest BCUT2D eigenvalue weighted by Crippen LogP contribution is 2.26. The van der Waals surface area contributed by atoms with Gasteiger partial charge in [-0.15, -0.1) is 0 Å². The van der Waals surface area contributed by atoms with Gasteiger partial charge in [0.1, 0.15) is 0 Å². The summed E-state index contributed by atoms with van der Waals surface area (Å²) in [7, 11) is 0. The molecule has 5 heteroatoms. The van der Waals surface area contributed by atoms with Crippen molar-refractivity contribution in [3.63, 3.8) is 0 Å². The molecule has 0 aromatic carbocycles. The van der Waals surface area contributed by atoms with Crippen LogP contribution in [0.5, 0.6) is 0 Å². The molecule has 0 heterocycles. The molecule has 0 bridgehead atoms. The van der Waals surface area contributed by atoms with E-state index in [1.54, 1.807) is 0 Å². The van der Waals surface area contributed by atoms with Gasteiger partial charge in [0.05, 0.1) is 0 Å². The quantitative estimate of drug-likeness (QED) is 0.443. The van der Waals surface area contributed by atoms with Crippen LogP contribution in [-0.4, -0.2) is 6.18 Å². The number of rotatable bonds is 2. The van der Waals surface area contributed by atoms with E-state index >= 15 is 0 Å². The summed E-state index contributed by atoms with van der Waals surface area (Å²) in [5.41, 5.74) is -0.995. The van der Waals surface area contributed by atoms with Crippen molar-refractivity contribution < 1.29 is 22.0 Å². The van der Waals surface area contributed by atoms with Crippen LogP contribution in [0.25, 0.3) is 0 Å². The van der Waals surface area contributed by atoms with E-state index in [9.17, 15) is 22.0 Å². The van der Waals surface area contributed by atoms with Crippen molar-refractivity contribution in [2.45, 2.75) is 19.5 Å². The minimum atomic E-state index is -4.49. The summed E-state index contributed by atoms with van der Waals surface area (Å²) in [6, 6.07) is 0. The van der Waals surface area contributed by atoms with Crippen LogP contribution >= 0.6 is 0 Å². The molecular formula is C6H6F5. The summed E-state index contributed by atoms with van der Waals surface area (Å²) >= 11 is 0. The standard InChI is InChI=1S/C6H6F5/c1-4(6(9,10)11)2-3-5(7)8/h2H,3H2,1H3/b4-2-. The van der Waals surface area contributed by atoms with Gasteiger partial charge in [-0.05, 0) is 6.92 Å². The molecule has 0 saturated heterocycles. The van der Waals surface area contributed by atoms with Crippen molar-refractivity contribution in [3.8, 4) is 0 Å². The molecule has 0 aliphatic heterocycles. The van der Waals surface area contributed by atoms with Crippen molar-refractivity contribution in [2.75, 3.05) is 0 Å². The van der Waals surface area contributed by atoms with E-state index in [1.165, 1.54) is 0 Å². The Hall–Kier alpha value is -0.610. The van der Waals surface area contributed by atoms with Crippen LogP contribution < -0.4 is 0 Å². The second-order valence-electron chi connectivity index (χ2n) is 1.93. The highest BCUT2D eigenvalue weighted by molar-refractivity contribution is 5.06. The van der Waals surface area contributed by atoms with E-state index < -0.39 is 24.6 Å². The van der Waals surface area contributed by atoms with E-state index in [0.717, 1.165) is 6.92 Å². The first-order valence-corrected chi connectivity index (χ1v) is 2.75. The minimum absolute atomic E-state index is 0.454. The monoisotopic (exact) mass is 173 g/mol. The average molecular weight is 173 g/mol. The van der Waals surface area contributed by atoms with Gasteiger partial charge in [0.2, 0.25) is 0 Å². The summed E-state index contributed by atoms with van der Waals surface area (Å²) < 4.78 is 57.3. The van der Waals surface area contributed by atoms with Crippen molar-refractivity contribution >= 4 is 0 Å². The van der Waals surface area contributed by atoms with Crippen LogP contribution in [0, 0.1) is 6.43 Å². The molecule has 0 fully saturated rings. The summed E-state index contributed by atoms with van der Waals surface area (Å²) in [6.07, 6.45) is -6.98. The van der Waals surface area contributed by atoms with Gasteiger partial charge in [-0.1, -0.05) is 6.08 Å². The van der Waals surface area contributed by atoms with Crippen LogP contribution in [0.1, 0.15) is 13.3 Å². The summed E-state index contributed by atoms with van der Waals surface area (Å²) in [4.78, 5) is 0. The predicted octanol–water partition coefficient (Wildman–Crippen LogP) is 3.31. The van der Waals surface area contributed by atoms with Crippen molar-refractivity contribution in [3.05, 3.63) is 18.1 Å². The molecule has 0 aromatic rings. The van der Waals surface area contributed by atoms with Gasteiger partial charge < -0.3 is 0 Å². The summed E-state index contributed by atoms with van der Waals surface area (Å²) in [6.45, 7) is 0.753. The van der Waals surface area contributed by atoms with Gasteiger partial charge in [0.15, 0.2) is 0 Å². The number of hydrogen-bond donors (Lipinski definition) is 0. The largest absolute Gasteiger partial charge is 0.412 e. The molecular weight excluding hydrogens is 167 g/mol. The Balaban J connectivity index is 4.02. The van der Waals surface area contributed by atoms with E-state index in [-0.39, 0.29) is 0 Å². The van der Waals surface area contributed by atoms with Gasteiger partial charge in [-0.2, -0.15) is 22.0 Å². The maximum absolute atomic E-state index is 11.6. The molecule has 0 atom stereocenters. The second-order valence-corrected chi connectivity index (χ2v) is 1.93. The third kappa shape index (κ3) is 4.75. The molecule has 11 heavy (non-hydrogen) atoms. The van der Waals surface area contributed by atoms with Crippen LogP contribution in [-0.2, 0) is 0 Å². The predicted molar refractivity (Wildman–Crippen MR) is 29.9 cm³/mol. The van der Waals surface area contributed by atoms with Crippen molar-refractivity contribution in [2.24, 2.45) is 0 Å². The molecule has 0 aromatic heterocycles. The smallest absolute Gasteiger partial charge is 0.200 e. The Morgan fingerprint density at radius 3 is 2.00 bits per heavy atom. The lowest BCUT2D eigenvalue weighted by Gasteiger charge is -2.04. The maximum atomic E-state index is 11.6. The normalized spacial score (nSPS) is 14.3. The zero-order valence-electron chi connectivity index (χ0n) is 5.67. The van der Waals surface area contributed by atoms with Crippen LogP contribution in [0.4, 0.5) is 22.0 Å². The lowest BCUT2D eigenvalue weighted by Crippen LogP contribution is -2.08. The molecule has 0 spiro atoms. The second kappa shape index (κ2) is 3.69. The van der Waals surface area contributed by atoms with E-state index in [2.05, 4.69) is 0 Å². The molecule has 0 unspecified atom stereocenters. The summed E-state index contributed by atoms with van der Waals surface area (Å²) in [5.74, 6) is 0. The molecule has 0 rings (SSSR count). The van der Waals surface area contributed by atoms with Crippen molar-refractivity contribution in [1.29, 1.82) is 0 Å². The first kappa shape index (κ1) is 10.4. The Kier molecular flexibility index (Phi) is 3.48. The number of alkyl halides is 3. The molecule has 1 radical (unpaired) electrons. The molecule has 0 aliphatic carbocycles. The molecule has 0 N–H and O–H groups in total. The lowest BCUT2D eigenvalue weighted by atomic mass is 10.2. The van der Waals surface area contributed by atoms with Gasteiger partial charge in [-0.25, -0.2) is 0 Å². The van der Waals surface area contributed by atoms with Crippen LogP contribution in [0.3, 0.4) is 0 Å². The van der Waals surface area contributed by atoms with Gasteiger partial charge in [0.25, 0.3) is 0 Å². The van der Waals surface area contributed by atoms with Gasteiger partial charge in [-0.3, -0.25) is 0 Å². The van der Waals surface area contributed by atoms with Crippen LogP contribution in [0.15, 0.2) is 11.6 Å². The van der Waals surface area contributed by atoms with Crippen LogP contribution in [0.2, 0.25) is 0 Å². The van der Waals surface area contributed by atoms with E-state index in [0.29, 0.717) is 6.08 Å². The molecule has 65 valence electrons. The first-order valence-electron chi connectivity index (χ1n) is 2.75. The third-order valence-corrected chi connectivity index (χ3v) is 1.01. The minimum Gasteiger partial charge on any atom is -0.200 e. The fourth-order valence-corrected chi connectivity index (χ4v) is 0.346. The zero-order chi connectivity index (χ0) is 9.07. The van der Waals surface area contributed by atoms with Gasteiger partial charge >= 0.3 is 12.6 Å². The Morgan fingerprint density at radius 1 is 1.27 bits per heavy atom. The molecule has 0 nitrogen and oxygen atoms in total. The SMILES string of the molecule is C/C(=C/C[C](F)F)C(F)(F)F. The molecule has 0 saturated carbocycles. The van der Waals surface area contributed by atoms with E-state index in [1.807, 2.05) is 0 Å². The fraction of sp³-hybridized carbons (Fsp3) is 0.500. The topological polar surface area (TPSA) is 0 Å². The lowest BCUT2D eigenvalue weighted by molar-refractivity contribution is -0.0916. The molecule has 0 amide bonds. The fourth-order valence-electron chi connectivity index (χ4n) is 0.346. The van der Waals surface area contributed by atoms with Crippen molar-refractivity contribution in [1.82, 2.24) is 0 Å². The first-order chi connectivity index (χ1) is 4.84. The number of allylic oxidation sites excluding steroid dienone is 2. The average Bonchev–Trinajstić information content (AvgIpc) is 1.80. The third-order valence-electron chi connectivity index (χ3n) is 1.01. The van der Waals surface area contributed by atoms with E-state index in [4.69, 9.17) is 0 Å². The highest BCUT2D eigenvalue weighted by Gasteiger charge is 2.29. The summed E-state index contributed by atoms with van der Waals surface area (Å²) in [5, 5.41) is 0. The maximum Gasteiger partial charge on any atom is 0.412 e. The Bertz CT molecular complexity index is 144.